The van der Waals surface area contributed by atoms with E-state index in [-0.39, 0.29) is 18.1 Å². The number of benzene rings is 1. The van der Waals surface area contributed by atoms with E-state index in [0.29, 0.717) is 18.7 Å². The lowest BCUT2D eigenvalue weighted by Crippen LogP contribution is -2.54. The fraction of sp³-hybridized carbons (Fsp3) is 0.474. The van der Waals surface area contributed by atoms with Crippen molar-refractivity contribution >= 4 is 5.91 Å². The summed E-state index contributed by atoms with van der Waals surface area (Å²) in [5.74, 6) is 0.828. The number of carbonyl (C=O) groups is 1. The number of aromatic amines is 1. The molecule has 132 valence electrons. The molecule has 2 aliphatic rings. The third-order valence-electron chi connectivity index (χ3n) is 5.24. The number of amides is 1. The van der Waals surface area contributed by atoms with E-state index < -0.39 is 0 Å². The first-order chi connectivity index (χ1) is 12.3. The van der Waals surface area contributed by atoms with Crippen LogP contribution < -0.4 is 4.74 Å². The van der Waals surface area contributed by atoms with Crippen molar-refractivity contribution in [1.29, 1.82) is 0 Å². The highest BCUT2D eigenvalue weighted by Gasteiger charge is 2.37. The molecular weight excluding hydrogens is 318 g/mol. The Kier molecular flexibility index (Phi) is 4.44. The lowest BCUT2D eigenvalue weighted by molar-refractivity contribution is -0.0752. The van der Waals surface area contributed by atoms with Crippen molar-refractivity contribution in [2.75, 3.05) is 20.3 Å². The number of morpholine rings is 1. The van der Waals surface area contributed by atoms with Gasteiger partial charge < -0.3 is 14.4 Å². The van der Waals surface area contributed by atoms with Crippen molar-refractivity contribution in [3.8, 4) is 17.0 Å². The SMILES string of the molecule is COc1ccc(-c2[nH]ncc2C(=O)N2CCO[C@H]3CCCC[C@H]32)cc1. The summed E-state index contributed by atoms with van der Waals surface area (Å²) in [6.45, 7) is 1.26. The molecule has 1 saturated heterocycles. The molecule has 0 radical (unpaired) electrons. The summed E-state index contributed by atoms with van der Waals surface area (Å²) in [6.07, 6.45) is 6.23. The summed E-state index contributed by atoms with van der Waals surface area (Å²) in [5, 5.41) is 7.11. The van der Waals surface area contributed by atoms with Crippen LogP contribution in [0.1, 0.15) is 36.0 Å². The lowest BCUT2D eigenvalue weighted by Gasteiger charge is -2.43. The summed E-state index contributed by atoms with van der Waals surface area (Å²) in [4.78, 5) is 15.2. The van der Waals surface area contributed by atoms with Gasteiger partial charge in [0.05, 0.1) is 43.3 Å². The van der Waals surface area contributed by atoms with Gasteiger partial charge in [-0.15, -0.1) is 0 Å². The fourth-order valence-electron chi connectivity index (χ4n) is 3.93. The highest BCUT2D eigenvalue weighted by molar-refractivity contribution is 6.00. The molecule has 2 atom stereocenters. The van der Waals surface area contributed by atoms with Crippen LogP contribution in [0.3, 0.4) is 0 Å². The first-order valence-corrected chi connectivity index (χ1v) is 8.88. The van der Waals surface area contributed by atoms with Gasteiger partial charge in [0.2, 0.25) is 0 Å². The van der Waals surface area contributed by atoms with Crippen LogP contribution >= 0.6 is 0 Å². The Balaban J connectivity index is 1.61. The molecular formula is C19H23N3O3. The lowest BCUT2D eigenvalue weighted by atomic mass is 9.89. The molecule has 1 aromatic carbocycles. The van der Waals surface area contributed by atoms with Crippen molar-refractivity contribution in [2.24, 2.45) is 0 Å². The molecule has 0 spiro atoms. The van der Waals surface area contributed by atoms with Crippen LogP contribution in [0.15, 0.2) is 30.5 Å². The maximum absolute atomic E-state index is 13.2. The smallest absolute Gasteiger partial charge is 0.258 e. The number of nitrogens with one attached hydrogen (secondary N) is 1. The molecule has 1 aliphatic carbocycles. The molecule has 6 heteroatoms. The Morgan fingerprint density at radius 3 is 2.88 bits per heavy atom. The number of methoxy groups -OCH3 is 1. The first-order valence-electron chi connectivity index (χ1n) is 8.88. The van der Waals surface area contributed by atoms with Crippen molar-refractivity contribution in [3.05, 3.63) is 36.0 Å². The largest absolute Gasteiger partial charge is 0.497 e. The minimum Gasteiger partial charge on any atom is -0.497 e. The van der Waals surface area contributed by atoms with Gasteiger partial charge >= 0.3 is 0 Å². The Bertz CT molecular complexity index is 739. The minimum atomic E-state index is 0.0415. The second kappa shape index (κ2) is 6.88. The highest BCUT2D eigenvalue weighted by atomic mass is 16.5. The summed E-state index contributed by atoms with van der Waals surface area (Å²) < 4.78 is 11.1. The molecule has 1 saturated carbocycles. The van der Waals surface area contributed by atoms with Crippen LogP contribution in [-0.4, -0.2) is 53.4 Å². The van der Waals surface area contributed by atoms with E-state index in [1.807, 2.05) is 29.2 Å². The number of hydrogen-bond acceptors (Lipinski definition) is 4. The maximum Gasteiger partial charge on any atom is 0.258 e. The number of hydrogen-bond donors (Lipinski definition) is 1. The predicted molar refractivity (Wildman–Crippen MR) is 93.6 cm³/mol. The van der Waals surface area contributed by atoms with E-state index in [2.05, 4.69) is 10.2 Å². The van der Waals surface area contributed by atoms with Crippen LogP contribution in [0.5, 0.6) is 5.75 Å². The highest BCUT2D eigenvalue weighted by Crippen LogP contribution is 2.31. The molecule has 1 aromatic heterocycles. The van der Waals surface area contributed by atoms with E-state index in [9.17, 15) is 4.79 Å². The van der Waals surface area contributed by atoms with Gasteiger partial charge in [0.25, 0.3) is 5.91 Å². The van der Waals surface area contributed by atoms with Crippen molar-refractivity contribution in [1.82, 2.24) is 15.1 Å². The normalized spacial score (nSPS) is 23.2. The number of aromatic nitrogens is 2. The molecule has 4 rings (SSSR count). The Morgan fingerprint density at radius 2 is 2.08 bits per heavy atom. The third-order valence-corrected chi connectivity index (χ3v) is 5.24. The molecule has 6 nitrogen and oxygen atoms in total. The summed E-state index contributed by atoms with van der Waals surface area (Å²) in [5.41, 5.74) is 2.30. The molecule has 2 aromatic rings. The molecule has 25 heavy (non-hydrogen) atoms. The Morgan fingerprint density at radius 1 is 1.28 bits per heavy atom. The number of fused-ring (bicyclic) bond motifs is 1. The molecule has 2 heterocycles. The zero-order chi connectivity index (χ0) is 17.2. The predicted octanol–water partition coefficient (Wildman–Crippen LogP) is 2.87. The summed E-state index contributed by atoms with van der Waals surface area (Å²) in [7, 11) is 1.64. The third kappa shape index (κ3) is 3.02. The van der Waals surface area contributed by atoms with Gasteiger partial charge in [0.1, 0.15) is 5.75 Å². The van der Waals surface area contributed by atoms with E-state index in [1.165, 1.54) is 6.42 Å². The fourth-order valence-corrected chi connectivity index (χ4v) is 3.93. The number of H-pyrrole nitrogens is 1. The first kappa shape index (κ1) is 16.1. The average molecular weight is 341 g/mol. The van der Waals surface area contributed by atoms with Gasteiger partial charge in [0.15, 0.2) is 0 Å². The molecule has 1 N–H and O–H groups in total. The molecule has 2 fully saturated rings. The van der Waals surface area contributed by atoms with Gasteiger partial charge in [-0.2, -0.15) is 5.10 Å². The molecule has 1 amide bonds. The van der Waals surface area contributed by atoms with Crippen LogP contribution in [0.4, 0.5) is 0 Å². The van der Waals surface area contributed by atoms with Crippen molar-refractivity contribution < 1.29 is 14.3 Å². The van der Waals surface area contributed by atoms with Crippen molar-refractivity contribution in [2.45, 2.75) is 37.8 Å². The Labute approximate surface area is 147 Å². The molecule has 1 aliphatic heterocycles. The summed E-state index contributed by atoms with van der Waals surface area (Å²) in [6, 6.07) is 7.83. The zero-order valence-corrected chi connectivity index (χ0v) is 14.4. The van der Waals surface area contributed by atoms with Gasteiger partial charge in [-0.3, -0.25) is 9.89 Å². The number of carbonyl (C=O) groups excluding carboxylic acids is 1. The van der Waals surface area contributed by atoms with E-state index in [0.717, 1.165) is 36.3 Å². The van der Waals surface area contributed by atoms with Gasteiger partial charge in [-0.05, 0) is 37.1 Å². The van der Waals surface area contributed by atoms with Crippen LogP contribution in [0.25, 0.3) is 11.3 Å². The minimum absolute atomic E-state index is 0.0415. The van der Waals surface area contributed by atoms with E-state index in [4.69, 9.17) is 9.47 Å². The second-order valence-electron chi connectivity index (χ2n) is 6.65. The van der Waals surface area contributed by atoms with E-state index in [1.54, 1.807) is 13.3 Å². The van der Waals surface area contributed by atoms with Gasteiger partial charge in [-0.25, -0.2) is 0 Å². The number of rotatable bonds is 3. The van der Waals surface area contributed by atoms with Crippen molar-refractivity contribution in [3.63, 3.8) is 0 Å². The molecule has 0 unspecified atom stereocenters. The Hall–Kier alpha value is -2.34. The average Bonchev–Trinajstić information content (AvgIpc) is 3.17. The van der Waals surface area contributed by atoms with Gasteiger partial charge in [0, 0.05) is 12.1 Å². The van der Waals surface area contributed by atoms with Gasteiger partial charge in [-0.1, -0.05) is 12.8 Å². The monoisotopic (exact) mass is 341 g/mol. The number of nitrogens with zero attached hydrogens (tertiary/aromatic N) is 2. The number of ether oxygens (including phenoxy) is 2. The standard InChI is InChI=1S/C19H23N3O3/c1-24-14-8-6-13(7-9-14)18-15(12-20-21-18)19(23)22-10-11-25-17-5-3-2-4-16(17)22/h6-9,12,16-17H,2-5,10-11H2,1H3,(H,20,21)/t16-,17+/m1/s1. The maximum atomic E-state index is 13.2. The summed E-state index contributed by atoms with van der Waals surface area (Å²) >= 11 is 0. The van der Waals surface area contributed by atoms with Crippen LogP contribution in [0, 0.1) is 0 Å². The zero-order valence-electron chi connectivity index (χ0n) is 14.4. The van der Waals surface area contributed by atoms with Crippen LogP contribution in [0.2, 0.25) is 0 Å². The topological polar surface area (TPSA) is 67.5 Å². The quantitative estimate of drug-likeness (QED) is 0.932. The van der Waals surface area contributed by atoms with E-state index >= 15 is 0 Å². The van der Waals surface area contributed by atoms with Crippen LogP contribution in [-0.2, 0) is 4.74 Å². The molecule has 0 bridgehead atoms. The second-order valence-corrected chi connectivity index (χ2v) is 6.65.